The Labute approximate surface area is 81.2 Å². The van der Waals surface area contributed by atoms with Crippen LogP contribution in [0.2, 0.25) is 0 Å². The molecule has 1 fully saturated rings. The summed E-state index contributed by atoms with van der Waals surface area (Å²) in [6.07, 6.45) is 2.86. The topological polar surface area (TPSA) is 45.1 Å². The molecule has 1 N–H and O–H groups in total. The molecular formula is C8H12N2O2S. The summed E-state index contributed by atoms with van der Waals surface area (Å²) in [6, 6.07) is 0. The van der Waals surface area contributed by atoms with Crippen LogP contribution in [0.5, 0.6) is 0 Å². The van der Waals surface area contributed by atoms with Gasteiger partial charge in [-0.25, -0.2) is 0 Å². The van der Waals surface area contributed by atoms with Gasteiger partial charge in [0.05, 0.1) is 18.2 Å². The number of allylic oxidation sites excluding steroid dienone is 1. The van der Waals surface area contributed by atoms with E-state index in [1.54, 1.807) is 11.8 Å². The second-order valence-corrected chi connectivity index (χ2v) is 4.04. The lowest BCUT2D eigenvalue weighted by molar-refractivity contribution is 0.0577. The van der Waals surface area contributed by atoms with E-state index >= 15 is 0 Å². The van der Waals surface area contributed by atoms with Crippen LogP contribution >= 0.6 is 11.8 Å². The third kappa shape index (κ3) is 1.97. The van der Waals surface area contributed by atoms with Gasteiger partial charge in [0.15, 0.2) is 0 Å². The Bertz CT molecular complexity index is 247. The molecule has 0 spiro atoms. The number of hydrogen-bond acceptors (Lipinski definition) is 5. The highest BCUT2D eigenvalue weighted by molar-refractivity contribution is 8.17. The maximum absolute atomic E-state index is 8.57. The van der Waals surface area contributed by atoms with Crippen LogP contribution in [0.4, 0.5) is 0 Å². The molecule has 1 saturated heterocycles. The van der Waals surface area contributed by atoms with E-state index in [9.17, 15) is 0 Å². The van der Waals surface area contributed by atoms with Crippen molar-refractivity contribution in [1.29, 1.82) is 0 Å². The molecule has 2 rings (SSSR count). The zero-order valence-corrected chi connectivity index (χ0v) is 8.09. The molecule has 2 heterocycles. The first-order valence-corrected chi connectivity index (χ1v) is 5.13. The van der Waals surface area contributed by atoms with Crippen molar-refractivity contribution < 1.29 is 9.94 Å². The lowest BCUT2D eigenvalue weighted by Crippen LogP contribution is -2.34. The van der Waals surface area contributed by atoms with Gasteiger partial charge in [0, 0.05) is 19.5 Å². The monoisotopic (exact) mass is 200 g/mol. The van der Waals surface area contributed by atoms with E-state index in [0.29, 0.717) is 0 Å². The SMILES string of the molecule is O/N=C1/CC=C(N2CCOCC2)S1. The molecule has 0 amide bonds. The highest BCUT2D eigenvalue weighted by Crippen LogP contribution is 2.30. The zero-order chi connectivity index (χ0) is 9.10. The Morgan fingerprint density at radius 3 is 2.85 bits per heavy atom. The van der Waals surface area contributed by atoms with Crippen LogP contribution in [0.3, 0.4) is 0 Å². The first-order valence-electron chi connectivity index (χ1n) is 4.32. The molecule has 13 heavy (non-hydrogen) atoms. The summed E-state index contributed by atoms with van der Waals surface area (Å²) in [5.74, 6) is 0. The van der Waals surface area contributed by atoms with Crippen molar-refractivity contribution in [2.24, 2.45) is 5.16 Å². The summed E-state index contributed by atoms with van der Waals surface area (Å²) in [5.41, 5.74) is 0. The van der Waals surface area contributed by atoms with Crippen molar-refractivity contribution in [3.05, 3.63) is 11.1 Å². The summed E-state index contributed by atoms with van der Waals surface area (Å²) in [6.45, 7) is 3.47. The van der Waals surface area contributed by atoms with Crippen LogP contribution in [-0.2, 0) is 4.74 Å². The van der Waals surface area contributed by atoms with Gasteiger partial charge in [-0.3, -0.25) is 0 Å². The molecule has 0 aromatic rings. The smallest absolute Gasteiger partial charge is 0.122 e. The van der Waals surface area contributed by atoms with Crippen molar-refractivity contribution in [2.45, 2.75) is 6.42 Å². The van der Waals surface area contributed by atoms with Crippen LogP contribution in [0, 0.1) is 0 Å². The standard InChI is InChI=1S/C8H12N2O2S/c11-9-7-1-2-8(13-7)10-3-5-12-6-4-10/h2,11H,1,3-6H2/b9-7-. The average molecular weight is 200 g/mol. The van der Waals surface area contributed by atoms with Crippen molar-refractivity contribution in [3.8, 4) is 0 Å². The van der Waals surface area contributed by atoms with Gasteiger partial charge in [0.25, 0.3) is 0 Å². The number of rotatable bonds is 1. The fourth-order valence-corrected chi connectivity index (χ4v) is 2.34. The van der Waals surface area contributed by atoms with Gasteiger partial charge in [0.1, 0.15) is 5.04 Å². The van der Waals surface area contributed by atoms with Crippen molar-refractivity contribution in [1.82, 2.24) is 4.90 Å². The summed E-state index contributed by atoms with van der Waals surface area (Å²) >= 11 is 1.55. The number of oxime groups is 1. The number of thioether (sulfide) groups is 1. The number of nitrogens with zero attached hydrogens (tertiary/aromatic N) is 2. The first kappa shape index (κ1) is 8.90. The highest BCUT2D eigenvalue weighted by Gasteiger charge is 2.20. The second kappa shape index (κ2) is 4.02. The van der Waals surface area contributed by atoms with E-state index in [4.69, 9.17) is 9.94 Å². The van der Waals surface area contributed by atoms with E-state index in [-0.39, 0.29) is 0 Å². The predicted molar refractivity (Wildman–Crippen MR) is 51.9 cm³/mol. The van der Waals surface area contributed by atoms with E-state index in [1.807, 2.05) is 0 Å². The van der Waals surface area contributed by atoms with Gasteiger partial charge in [-0.05, 0) is 6.08 Å². The van der Waals surface area contributed by atoms with E-state index in [1.165, 1.54) is 5.03 Å². The van der Waals surface area contributed by atoms with Gasteiger partial charge in [-0.1, -0.05) is 16.9 Å². The van der Waals surface area contributed by atoms with Crippen LogP contribution in [0.25, 0.3) is 0 Å². The van der Waals surface area contributed by atoms with Gasteiger partial charge in [-0.15, -0.1) is 0 Å². The summed E-state index contributed by atoms with van der Waals surface area (Å²) in [7, 11) is 0. The Hall–Kier alpha value is -0.680. The average Bonchev–Trinajstić information content (AvgIpc) is 2.67. The Morgan fingerprint density at radius 1 is 1.46 bits per heavy atom. The van der Waals surface area contributed by atoms with Crippen LogP contribution in [0.1, 0.15) is 6.42 Å². The first-order chi connectivity index (χ1) is 6.40. The number of morpholine rings is 1. The minimum Gasteiger partial charge on any atom is -0.410 e. The fraction of sp³-hybridized carbons (Fsp3) is 0.625. The molecule has 0 bridgehead atoms. The molecule has 0 atom stereocenters. The molecule has 0 aromatic heterocycles. The largest absolute Gasteiger partial charge is 0.410 e. The number of ether oxygens (including phenoxy) is 1. The summed E-state index contributed by atoms with van der Waals surface area (Å²) in [5, 5.41) is 13.8. The van der Waals surface area contributed by atoms with Gasteiger partial charge >= 0.3 is 0 Å². The molecule has 0 unspecified atom stereocenters. The third-order valence-corrected chi connectivity index (χ3v) is 3.23. The second-order valence-electron chi connectivity index (χ2n) is 2.94. The highest BCUT2D eigenvalue weighted by atomic mass is 32.2. The molecule has 0 radical (unpaired) electrons. The maximum atomic E-state index is 8.57. The molecule has 0 aromatic carbocycles. The third-order valence-electron chi connectivity index (χ3n) is 2.11. The minimum atomic E-state index is 0.758. The van der Waals surface area contributed by atoms with E-state index in [0.717, 1.165) is 37.8 Å². The van der Waals surface area contributed by atoms with Gasteiger partial charge in [0.2, 0.25) is 0 Å². The quantitative estimate of drug-likeness (QED) is 0.508. The zero-order valence-electron chi connectivity index (χ0n) is 7.27. The Kier molecular flexibility index (Phi) is 2.75. The van der Waals surface area contributed by atoms with E-state index in [2.05, 4.69) is 16.1 Å². The van der Waals surface area contributed by atoms with Crippen LogP contribution in [-0.4, -0.2) is 41.5 Å². The number of hydrogen-bond donors (Lipinski definition) is 1. The normalized spacial score (nSPS) is 26.6. The fourth-order valence-electron chi connectivity index (χ4n) is 1.42. The molecule has 0 saturated carbocycles. The van der Waals surface area contributed by atoms with Crippen LogP contribution in [0.15, 0.2) is 16.3 Å². The Balaban J connectivity index is 1.94. The molecule has 72 valence electrons. The Morgan fingerprint density at radius 2 is 2.23 bits per heavy atom. The molecule has 2 aliphatic heterocycles. The van der Waals surface area contributed by atoms with Crippen molar-refractivity contribution >= 4 is 16.8 Å². The van der Waals surface area contributed by atoms with Gasteiger partial charge in [-0.2, -0.15) is 0 Å². The van der Waals surface area contributed by atoms with E-state index < -0.39 is 0 Å². The van der Waals surface area contributed by atoms with Crippen molar-refractivity contribution in [3.63, 3.8) is 0 Å². The maximum Gasteiger partial charge on any atom is 0.122 e. The van der Waals surface area contributed by atoms with Crippen molar-refractivity contribution in [2.75, 3.05) is 26.3 Å². The minimum absolute atomic E-state index is 0.758. The lowest BCUT2D eigenvalue weighted by Gasteiger charge is -2.28. The molecule has 5 heteroatoms. The molecule has 4 nitrogen and oxygen atoms in total. The molecule has 2 aliphatic rings. The van der Waals surface area contributed by atoms with Gasteiger partial charge < -0.3 is 14.8 Å². The van der Waals surface area contributed by atoms with Crippen LogP contribution < -0.4 is 0 Å². The predicted octanol–water partition coefficient (Wildman–Crippen LogP) is 1.08. The molecular weight excluding hydrogens is 188 g/mol. The lowest BCUT2D eigenvalue weighted by atomic mass is 10.4. The summed E-state index contributed by atoms with van der Waals surface area (Å²) in [4.78, 5) is 2.27. The molecule has 0 aliphatic carbocycles. The summed E-state index contributed by atoms with van der Waals surface area (Å²) < 4.78 is 5.25.